The molecule has 0 radical (unpaired) electrons. The van der Waals surface area contributed by atoms with Crippen LogP contribution in [0.3, 0.4) is 0 Å². The van der Waals surface area contributed by atoms with E-state index in [9.17, 15) is 0 Å². The molecule has 1 heterocycles. The van der Waals surface area contributed by atoms with Crippen molar-refractivity contribution in [3.05, 3.63) is 95.6 Å². The second kappa shape index (κ2) is 8.01. The Morgan fingerprint density at radius 1 is 0.719 bits per heavy atom. The molecule has 0 atom stereocenters. The van der Waals surface area contributed by atoms with E-state index in [0.717, 1.165) is 39.1 Å². The van der Waals surface area contributed by atoms with Gasteiger partial charge in [-0.05, 0) is 73.4 Å². The highest BCUT2D eigenvalue weighted by Crippen LogP contribution is 2.41. The van der Waals surface area contributed by atoms with Gasteiger partial charge in [0, 0.05) is 16.7 Å². The van der Waals surface area contributed by atoms with Crippen molar-refractivity contribution in [3.8, 4) is 39.5 Å². The molecule has 158 valence electrons. The summed E-state index contributed by atoms with van der Waals surface area (Å²) in [5.74, 6) is 1.43. The lowest BCUT2D eigenvalue weighted by Gasteiger charge is -2.14. The van der Waals surface area contributed by atoms with Gasteiger partial charge in [0.25, 0.3) is 0 Å². The van der Waals surface area contributed by atoms with Gasteiger partial charge in [-0.1, -0.05) is 54.1 Å². The Balaban J connectivity index is 1.83. The zero-order chi connectivity index (χ0) is 22.2. The van der Waals surface area contributed by atoms with E-state index in [0.29, 0.717) is 5.89 Å². The average Bonchev–Trinajstić information content (AvgIpc) is 3.23. The summed E-state index contributed by atoms with van der Waals surface area (Å²) in [5, 5.41) is 0. The molecular formula is C29H25NO2. The monoisotopic (exact) mass is 419 g/mol. The molecule has 3 heteroatoms. The molecule has 0 amide bonds. The van der Waals surface area contributed by atoms with Crippen molar-refractivity contribution in [1.82, 2.24) is 4.98 Å². The standard InChI is InChI=1S/C29H25NO2/c1-18-14-19(2)27(20(3)15-18)22-16-24(23-12-8-9-13-25(23)31-4)28-26(17-22)32-29(30-28)21-10-6-5-7-11-21/h5-17H,1-4H3. The highest BCUT2D eigenvalue weighted by molar-refractivity contribution is 5.98. The fourth-order valence-corrected chi connectivity index (χ4v) is 4.59. The SMILES string of the molecule is COc1ccccc1-c1cc(-c2c(C)cc(C)cc2C)cc2oc(-c3ccccc3)nc12. The van der Waals surface area contributed by atoms with E-state index in [1.54, 1.807) is 7.11 Å². The second-order valence-electron chi connectivity index (χ2n) is 8.23. The van der Waals surface area contributed by atoms with Gasteiger partial charge in [0.1, 0.15) is 11.3 Å². The van der Waals surface area contributed by atoms with Crippen LogP contribution in [0.2, 0.25) is 0 Å². The number of hydrogen-bond acceptors (Lipinski definition) is 3. The summed E-state index contributed by atoms with van der Waals surface area (Å²) in [6, 6.07) is 26.9. The van der Waals surface area contributed by atoms with Crippen LogP contribution in [0.4, 0.5) is 0 Å². The lowest BCUT2D eigenvalue weighted by molar-refractivity contribution is 0.416. The maximum absolute atomic E-state index is 6.30. The Labute approximate surface area is 188 Å². The molecule has 0 unspecified atom stereocenters. The number of rotatable bonds is 4. The maximum atomic E-state index is 6.30. The summed E-state index contributed by atoms with van der Waals surface area (Å²) in [6.45, 7) is 6.46. The number of ether oxygens (including phenoxy) is 1. The molecule has 0 fully saturated rings. The Bertz CT molecular complexity index is 1410. The normalized spacial score (nSPS) is 11.1. The molecule has 0 aliphatic heterocycles. The number of aryl methyl sites for hydroxylation is 3. The van der Waals surface area contributed by atoms with Crippen molar-refractivity contribution in [2.75, 3.05) is 7.11 Å². The fourth-order valence-electron chi connectivity index (χ4n) is 4.59. The largest absolute Gasteiger partial charge is 0.496 e. The predicted molar refractivity (Wildman–Crippen MR) is 131 cm³/mol. The zero-order valence-electron chi connectivity index (χ0n) is 18.8. The quantitative estimate of drug-likeness (QED) is 0.298. The minimum absolute atomic E-state index is 0.617. The molecule has 0 saturated heterocycles. The van der Waals surface area contributed by atoms with Crippen LogP contribution >= 0.6 is 0 Å². The molecule has 0 aliphatic rings. The van der Waals surface area contributed by atoms with Crippen LogP contribution in [0.5, 0.6) is 5.75 Å². The van der Waals surface area contributed by atoms with Crippen molar-refractivity contribution < 1.29 is 9.15 Å². The number of methoxy groups -OCH3 is 1. The topological polar surface area (TPSA) is 35.3 Å². The molecule has 0 N–H and O–H groups in total. The van der Waals surface area contributed by atoms with E-state index in [4.69, 9.17) is 14.1 Å². The first-order valence-electron chi connectivity index (χ1n) is 10.8. The Kier molecular flexibility index (Phi) is 5.02. The molecule has 0 bridgehead atoms. The van der Waals surface area contributed by atoms with E-state index in [1.165, 1.54) is 22.3 Å². The lowest BCUT2D eigenvalue weighted by atomic mass is 9.91. The molecule has 5 aromatic rings. The van der Waals surface area contributed by atoms with E-state index in [-0.39, 0.29) is 0 Å². The first-order chi connectivity index (χ1) is 15.5. The number of fused-ring (bicyclic) bond motifs is 1. The van der Waals surface area contributed by atoms with Crippen molar-refractivity contribution in [3.63, 3.8) is 0 Å². The van der Waals surface area contributed by atoms with Gasteiger partial charge < -0.3 is 9.15 Å². The summed E-state index contributed by atoms with van der Waals surface area (Å²) in [5.41, 5.74) is 10.7. The molecule has 3 nitrogen and oxygen atoms in total. The van der Waals surface area contributed by atoms with Crippen molar-refractivity contribution >= 4 is 11.1 Å². The summed E-state index contributed by atoms with van der Waals surface area (Å²) in [4.78, 5) is 4.91. The molecule has 5 rings (SSSR count). The molecule has 4 aromatic carbocycles. The minimum atomic E-state index is 0.617. The van der Waals surface area contributed by atoms with Gasteiger partial charge in [-0.2, -0.15) is 0 Å². The third kappa shape index (κ3) is 3.46. The molecule has 0 aliphatic carbocycles. The molecule has 0 spiro atoms. The van der Waals surface area contributed by atoms with Crippen molar-refractivity contribution in [2.24, 2.45) is 0 Å². The van der Waals surface area contributed by atoms with E-state index in [1.807, 2.05) is 48.5 Å². The van der Waals surface area contributed by atoms with Crippen molar-refractivity contribution in [2.45, 2.75) is 20.8 Å². The maximum Gasteiger partial charge on any atom is 0.227 e. The number of aromatic nitrogens is 1. The van der Waals surface area contributed by atoms with Crippen LogP contribution in [0.1, 0.15) is 16.7 Å². The van der Waals surface area contributed by atoms with E-state index < -0.39 is 0 Å². The van der Waals surface area contributed by atoms with Crippen LogP contribution < -0.4 is 4.74 Å². The summed E-state index contributed by atoms with van der Waals surface area (Å²) in [7, 11) is 1.70. The summed E-state index contributed by atoms with van der Waals surface area (Å²) < 4.78 is 12.0. The Hall–Kier alpha value is -3.85. The van der Waals surface area contributed by atoms with Gasteiger partial charge >= 0.3 is 0 Å². The molecule has 32 heavy (non-hydrogen) atoms. The Morgan fingerprint density at radius 2 is 1.41 bits per heavy atom. The summed E-state index contributed by atoms with van der Waals surface area (Å²) >= 11 is 0. The molecule has 0 saturated carbocycles. The first kappa shape index (κ1) is 20.1. The number of benzene rings is 4. The third-order valence-electron chi connectivity index (χ3n) is 5.88. The number of para-hydroxylation sites is 1. The van der Waals surface area contributed by atoms with Crippen LogP contribution in [0.15, 0.2) is 83.3 Å². The van der Waals surface area contributed by atoms with Gasteiger partial charge in [0.2, 0.25) is 5.89 Å². The summed E-state index contributed by atoms with van der Waals surface area (Å²) in [6.07, 6.45) is 0. The highest BCUT2D eigenvalue weighted by atomic mass is 16.5. The smallest absolute Gasteiger partial charge is 0.227 e. The van der Waals surface area contributed by atoms with E-state index in [2.05, 4.69) is 51.1 Å². The van der Waals surface area contributed by atoms with Crippen LogP contribution in [0, 0.1) is 20.8 Å². The minimum Gasteiger partial charge on any atom is -0.496 e. The average molecular weight is 420 g/mol. The van der Waals surface area contributed by atoms with Gasteiger partial charge in [-0.3, -0.25) is 0 Å². The van der Waals surface area contributed by atoms with Gasteiger partial charge in [-0.25, -0.2) is 4.98 Å². The number of oxazole rings is 1. The van der Waals surface area contributed by atoms with Crippen LogP contribution in [-0.4, -0.2) is 12.1 Å². The van der Waals surface area contributed by atoms with Gasteiger partial charge in [0.05, 0.1) is 7.11 Å². The fraction of sp³-hybridized carbons (Fsp3) is 0.138. The third-order valence-corrected chi connectivity index (χ3v) is 5.88. The molecule has 1 aromatic heterocycles. The Morgan fingerprint density at radius 3 is 2.12 bits per heavy atom. The molecular weight excluding hydrogens is 394 g/mol. The van der Waals surface area contributed by atoms with Crippen molar-refractivity contribution in [1.29, 1.82) is 0 Å². The zero-order valence-corrected chi connectivity index (χ0v) is 18.8. The van der Waals surface area contributed by atoms with Gasteiger partial charge in [0.15, 0.2) is 5.58 Å². The number of nitrogens with zero attached hydrogens (tertiary/aromatic N) is 1. The first-order valence-corrected chi connectivity index (χ1v) is 10.8. The van der Waals surface area contributed by atoms with Gasteiger partial charge in [-0.15, -0.1) is 0 Å². The lowest BCUT2D eigenvalue weighted by Crippen LogP contribution is -1.93. The van der Waals surface area contributed by atoms with E-state index >= 15 is 0 Å². The van der Waals surface area contributed by atoms with Crippen LogP contribution in [0.25, 0.3) is 44.8 Å². The number of hydrogen-bond donors (Lipinski definition) is 0. The predicted octanol–water partition coefficient (Wildman–Crippen LogP) is 7.76. The second-order valence-corrected chi connectivity index (χ2v) is 8.23. The highest BCUT2D eigenvalue weighted by Gasteiger charge is 2.19. The van der Waals surface area contributed by atoms with Crippen LogP contribution in [-0.2, 0) is 0 Å².